The van der Waals surface area contributed by atoms with E-state index in [0.29, 0.717) is 0 Å². The number of nitrogens with zero attached hydrogens (tertiary/aromatic N) is 10. The Morgan fingerprint density at radius 2 is 1.35 bits per heavy atom. The highest BCUT2D eigenvalue weighted by molar-refractivity contribution is 5.88. The molecule has 9 rings (SSSR count). The first-order valence-electron chi connectivity index (χ1n) is 21.1. The van der Waals surface area contributed by atoms with Gasteiger partial charge in [0.15, 0.2) is 5.65 Å². The van der Waals surface area contributed by atoms with Crippen molar-refractivity contribution in [1.82, 2.24) is 48.3 Å². The van der Waals surface area contributed by atoms with Gasteiger partial charge in [-0.1, -0.05) is 0 Å². The van der Waals surface area contributed by atoms with E-state index in [1.165, 1.54) is 22.5 Å². The van der Waals surface area contributed by atoms with Crippen LogP contribution in [0.4, 0.5) is 0 Å². The quantitative estimate of drug-likeness (QED) is 0.142. The summed E-state index contributed by atoms with van der Waals surface area (Å²) in [6.07, 6.45) is 19.0. The molecule has 3 aliphatic rings. The molecule has 13 nitrogen and oxygen atoms in total. The molecule has 6 aromatic rings. The summed E-state index contributed by atoms with van der Waals surface area (Å²) in [5.74, 6) is 3.01. The fourth-order valence-corrected chi connectivity index (χ4v) is 9.37. The highest BCUT2D eigenvalue weighted by Crippen LogP contribution is 2.39. The molecule has 9 heterocycles. The second-order valence-electron chi connectivity index (χ2n) is 16.7. The molecule has 2 unspecified atom stereocenters. The molecule has 0 saturated heterocycles. The molecule has 57 heavy (non-hydrogen) atoms. The second-order valence-corrected chi connectivity index (χ2v) is 16.7. The van der Waals surface area contributed by atoms with Gasteiger partial charge in [0, 0.05) is 88.9 Å². The number of aryl methyl sites for hydroxylation is 1. The lowest BCUT2D eigenvalue weighted by Crippen LogP contribution is -2.35. The molecule has 2 atom stereocenters. The van der Waals surface area contributed by atoms with E-state index in [9.17, 15) is 0 Å². The monoisotopic (exact) mass is 774 g/mol. The van der Waals surface area contributed by atoms with Crippen molar-refractivity contribution in [3.63, 3.8) is 0 Å². The molecule has 3 aliphatic heterocycles. The van der Waals surface area contributed by atoms with Gasteiger partial charge in [-0.05, 0) is 104 Å². The lowest BCUT2D eigenvalue weighted by Gasteiger charge is -2.25. The van der Waals surface area contributed by atoms with Crippen LogP contribution in [0.3, 0.4) is 0 Å². The van der Waals surface area contributed by atoms with E-state index in [1.807, 2.05) is 24.7 Å². The van der Waals surface area contributed by atoms with Gasteiger partial charge < -0.3 is 38.0 Å². The molecule has 0 saturated carbocycles. The molecule has 0 radical (unpaired) electrons. The summed E-state index contributed by atoms with van der Waals surface area (Å²) < 4.78 is 27.3. The Labute approximate surface area is 335 Å². The minimum absolute atomic E-state index is 0.0917. The number of rotatable bonds is 13. The number of pyridine rings is 2. The van der Waals surface area contributed by atoms with Gasteiger partial charge in [-0.15, -0.1) is 0 Å². The number of fused-ring (bicyclic) bond motifs is 9. The Kier molecular flexibility index (Phi) is 11.0. The number of hydrogen-bond acceptors (Lipinski definition) is 10. The maximum Gasteiger partial charge on any atom is 0.200 e. The van der Waals surface area contributed by atoms with Gasteiger partial charge in [-0.2, -0.15) is 0 Å². The summed E-state index contributed by atoms with van der Waals surface area (Å²) in [7, 11) is 8.69. The molecular weight excluding hydrogens is 717 g/mol. The van der Waals surface area contributed by atoms with Crippen LogP contribution in [0.1, 0.15) is 55.5 Å². The molecule has 0 aromatic carbocycles. The second kappa shape index (κ2) is 16.6. The van der Waals surface area contributed by atoms with Crippen molar-refractivity contribution in [3.8, 4) is 17.4 Å². The first-order valence-corrected chi connectivity index (χ1v) is 21.1. The minimum atomic E-state index is 0.0917. The molecule has 0 aliphatic carbocycles. The van der Waals surface area contributed by atoms with Crippen LogP contribution in [0.2, 0.25) is 0 Å². The van der Waals surface area contributed by atoms with Gasteiger partial charge >= 0.3 is 0 Å². The van der Waals surface area contributed by atoms with Gasteiger partial charge in [-0.3, -0.25) is 14.5 Å². The van der Waals surface area contributed by atoms with Gasteiger partial charge in [0.2, 0.25) is 5.88 Å². The maximum absolute atomic E-state index is 6.98. The van der Waals surface area contributed by atoms with Crippen molar-refractivity contribution in [2.75, 3.05) is 67.5 Å². The SMILES string of the molecule is CN(C)CCn1c2c(c3cccnc31)OC(CN(C)CCn1c3c(c4cnccc41)OC(CN(C)CCn1c4c(c5nccnc51)CCCCO4)CCC3)CCC2. The summed E-state index contributed by atoms with van der Waals surface area (Å²) in [6.45, 7) is 7.79. The lowest BCUT2D eigenvalue weighted by molar-refractivity contribution is 0.140. The Bertz CT molecular complexity index is 2330. The first-order chi connectivity index (χ1) is 27.9. The molecule has 0 bridgehead atoms. The van der Waals surface area contributed by atoms with Crippen LogP contribution in [-0.4, -0.2) is 128 Å². The number of ether oxygens (including phenoxy) is 3. The van der Waals surface area contributed by atoms with Crippen LogP contribution in [0.25, 0.3) is 33.1 Å². The van der Waals surface area contributed by atoms with E-state index in [-0.39, 0.29) is 12.2 Å². The fourth-order valence-electron chi connectivity index (χ4n) is 9.37. The molecule has 0 amide bonds. The van der Waals surface area contributed by atoms with E-state index in [2.05, 4.69) is 73.7 Å². The standard InChI is InChI=1S/C44H58N10O3/c1-49(2)21-24-53-38-15-8-11-31(56-40(38)34-13-9-17-47-42(34)53)29-50(3)22-25-52-36-16-18-45-28-35(36)41-37(52)14-7-10-32(57-41)30-51(4)23-26-54-43-39(46-19-20-48-43)33-12-5-6-27-55-44(33)54/h9,13,16-20,28,31-32H,5-8,10-12,14-15,21-27,29-30H2,1-4H3. The third-order valence-electron chi connectivity index (χ3n) is 12.2. The van der Waals surface area contributed by atoms with Crippen molar-refractivity contribution in [2.24, 2.45) is 0 Å². The fraction of sp³-hybridized carbons (Fsp3) is 0.545. The number of hydrogen-bond donors (Lipinski definition) is 0. The van der Waals surface area contributed by atoms with E-state index >= 15 is 0 Å². The maximum atomic E-state index is 6.98. The van der Waals surface area contributed by atoms with Crippen LogP contribution in [0.5, 0.6) is 17.4 Å². The van der Waals surface area contributed by atoms with Gasteiger partial charge in [0.25, 0.3) is 0 Å². The molecule has 13 heteroatoms. The van der Waals surface area contributed by atoms with E-state index < -0.39 is 0 Å². The Morgan fingerprint density at radius 1 is 0.667 bits per heavy atom. The van der Waals surface area contributed by atoms with Crippen LogP contribution >= 0.6 is 0 Å². The highest BCUT2D eigenvalue weighted by Gasteiger charge is 2.29. The van der Waals surface area contributed by atoms with Crippen molar-refractivity contribution >= 4 is 33.1 Å². The molecule has 6 aromatic heterocycles. The predicted octanol–water partition coefficient (Wildman–Crippen LogP) is 5.84. The summed E-state index contributed by atoms with van der Waals surface area (Å²) >= 11 is 0. The molecule has 0 spiro atoms. The zero-order valence-electron chi connectivity index (χ0n) is 34.2. The van der Waals surface area contributed by atoms with E-state index in [0.717, 1.165) is 162 Å². The van der Waals surface area contributed by atoms with Crippen molar-refractivity contribution < 1.29 is 14.2 Å². The van der Waals surface area contributed by atoms with Crippen LogP contribution in [0.15, 0.2) is 49.2 Å². The van der Waals surface area contributed by atoms with Gasteiger partial charge in [-0.25, -0.2) is 9.97 Å². The Hall–Kier alpha value is -4.72. The molecule has 0 N–H and O–H groups in total. The van der Waals surface area contributed by atoms with Gasteiger partial charge in [0.1, 0.15) is 34.9 Å². The normalized spacial score (nSPS) is 18.6. The van der Waals surface area contributed by atoms with E-state index in [4.69, 9.17) is 29.2 Å². The Balaban J connectivity index is 0.860. The number of aromatic nitrogens is 7. The summed E-state index contributed by atoms with van der Waals surface area (Å²) in [6, 6.07) is 6.35. The zero-order valence-corrected chi connectivity index (χ0v) is 34.2. The largest absolute Gasteiger partial charge is 0.486 e. The minimum Gasteiger partial charge on any atom is -0.486 e. The average molecular weight is 775 g/mol. The third-order valence-corrected chi connectivity index (χ3v) is 12.2. The summed E-state index contributed by atoms with van der Waals surface area (Å²) in [4.78, 5) is 25.8. The smallest absolute Gasteiger partial charge is 0.200 e. The van der Waals surface area contributed by atoms with Crippen LogP contribution in [0, 0.1) is 0 Å². The zero-order chi connectivity index (χ0) is 38.9. The molecular formula is C44H58N10O3. The summed E-state index contributed by atoms with van der Waals surface area (Å²) in [5, 5.41) is 2.24. The molecule has 0 fully saturated rings. The lowest BCUT2D eigenvalue weighted by atomic mass is 10.1. The van der Waals surface area contributed by atoms with Crippen molar-refractivity contribution in [2.45, 2.75) is 89.6 Å². The predicted molar refractivity (Wildman–Crippen MR) is 224 cm³/mol. The first kappa shape index (κ1) is 37.8. The molecule has 302 valence electrons. The van der Waals surface area contributed by atoms with Crippen molar-refractivity contribution in [1.29, 1.82) is 0 Å². The van der Waals surface area contributed by atoms with Crippen LogP contribution < -0.4 is 14.2 Å². The summed E-state index contributed by atoms with van der Waals surface area (Å²) in [5.41, 5.74) is 7.94. The number of likely N-dealkylation sites (N-methyl/N-ethyl adjacent to an activating group) is 3. The van der Waals surface area contributed by atoms with Crippen LogP contribution in [-0.2, 0) is 38.9 Å². The average Bonchev–Trinajstić information content (AvgIpc) is 3.48. The van der Waals surface area contributed by atoms with Gasteiger partial charge in [0.05, 0.1) is 34.3 Å². The van der Waals surface area contributed by atoms with Crippen molar-refractivity contribution in [3.05, 3.63) is 66.1 Å². The Morgan fingerprint density at radius 3 is 2.12 bits per heavy atom. The topological polar surface area (TPSA) is 104 Å². The third kappa shape index (κ3) is 7.69. The highest BCUT2D eigenvalue weighted by atomic mass is 16.5. The van der Waals surface area contributed by atoms with E-state index in [1.54, 1.807) is 12.4 Å².